The number of fused-ring (bicyclic) bond motifs is 1. The lowest BCUT2D eigenvalue weighted by Gasteiger charge is -2.02. The summed E-state index contributed by atoms with van der Waals surface area (Å²) in [6, 6.07) is 13.3. The molecule has 0 atom stereocenters. The van der Waals surface area contributed by atoms with Crippen molar-refractivity contribution < 1.29 is 0 Å². The second kappa shape index (κ2) is 6.18. The third-order valence-corrected chi connectivity index (χ3v) is 3.96. The number of hydrogen-bond donors (Lipinski definition) is 2. The number of nitrogens with two attached hydrogens (primary N) is 1. The van der Waals surface area contributed by atoms with Gasteiger partial charge in [-0.25, -0.2) is 14.7 Å². The maximum atomic E-state index is 9.17. The molecule has 3 N–H and O–H groups in total. The van der Waals surface area contributed by atoms with E-state index in [4.69, 9.17) is 5.73 Å². The van der Waals surface area contributed by atoms with Gasteiger partial charge in [0.2, 0.25) is 0 Å². The molecule has 0 unspecified atom stereocenters. The number of hydrogen-bond acceptors (Lipinski definition) is 4. The molecule has 0 saturated carbocycles. The molecule has 0 aliphatic heterocycles. The van der Waals surface area contributed by atoms with Gasteiger partial charge in [0.05, 0.1) is 23.2 Å². The lowest BCUT2D eigenvalue weighted by molar-refractivity contribution is 0.886. The van der Waals surface area contributed by atoms with Crippen LogP contribution >= 0.6 is 0 Å². The van der Waals surface area contributed by atoms with Gasteiger partial charge in [0.25, 0.3) is 0 Å². The molecular weight excluding hydrogens is 326 g/mol. The highest BCUT2D eigenvalue weighted by Gasteiger charge is 2.14. The number of benzene rings is 1. The topological polar surface area (TPSA) is 109 Å². The van der Waals surface area contributed by atoms with E-state index >= 15 is 0 Å². The average Bonchev–Trinajstić information content (AvgIpc) is 3.28. The third-order valence-electron chi connectivity index (χ3n) is 3.96. The summed E-state index contributed by atoms with van der Waals surface area (Å²) in [7, 11) is 0. The molecule has 26 heavy (non-hydrogen) atoms. The largest absolute Gasteiger partial charge is 0.387 e. The van der Waals surface area contributed by atoms with Gasteiger partial charge in [-0.05, 0) is 36.8 Å². The second-order valence-corrected chi connectivity index (χ2v) is 5.83. The molecule has 0 bridgehead atoms. The third kappa shape index (κ3) is 2.70. The molecule has 3 heterocycles. The summed E-state index contributed by atoms with van der Waals surface area (Å²) < 4.78 is 1.76. The van der Waals surface area contributed by atoms with Crippen LogP contribution in [0.2, 0.25) is 0 Å². The number of nitrogens with zero attached hydrogens (tertiary/aromatic N) is 5. The monoisotopic (exact) mass is 341 g/mol. The van der Waals surface area contributed by atoms with Crippen LogP contribution in [0, 0.1) is 11.3 Å². The van der Waals surface area contributed by atoms with Crippen LogP contribution < -0.4 is 5.73 Å². The Kier molecular flexibility index (Phi) is 3.71. The number of rotatable bonds is 3. The first kappa shape index (κ1) is 15.6. The molecule has 7 nitrogen and oxygen atoms in total. The lowest BCUT2D eigenvalue weighted by atomic mass is 10.1. The van der Waals surface area contributed by atoms with Crippen molar-refractivity contribution >= 4 is 22.7 Å². The minimum absolute atomic E-state index is 0.412. The Morgan fingerprint density at radius 1 is 1.31 bits per heavy atom. The first-order valence-corrected chi connectivity index (χ1v) is 7.99. The van der Waals surface area contributed by atoms with E-state index in [2.05, 4.69) is 26.1 Å². The predicted molar refractivity (Wildman–Crippen MR) is 100 cm³/mol. The van der Waals surface area contributed by atoms with E-state index < -0.39 is 0 Å². The minimum atomic E-state index is 0.412. The first-order valence-electron chi connectivity index (χ1n) is 7.99. The van der Waals surface area contributed by atoms with E-state index in [0.717, 1.165) is 27.8 Å². The maximum absolute atomic E-state index is 9.17. The molecule has 0 radical (unpaired) electrons. The Labute approximate surface area is 149 Å². The Bertz CT molecular complexity index is 1170. The van der Waals surface area contributed by atoms with E-state index in [1.165, 1.54) is 0 Å². The van der Waals surface area contributed by atoms with E-state index in [1.54, 1.807) is 23.9 Å². The number of nitrogens with one attached hydrogen (secondary N) is 1. The smallest absolute Gasteiger partial charge is 0.183 e. The standard InChI is InChI=1S/C19H15N7/c1-12(21)24-19-16(14-4-2-3-13(9-14)10-20)11-26(25-19)17-6-8-23-18-15(17)5-7-22-18/h2-9,11H,1H3,(H,22,23)(H2,21,24,25). The van der Waals surface area contributed by atoms with E-state index in [0.29, 0.717) is 17.2 Å². The first-order chi connectivity index (χ1) is 12.7. The molecule has 0 amide bonds. The summed E-state index contributed by atoms with van der Waals surface area (Å²) in [4.78, 5) is 11.8. The number of amidine groups is 1. The second-order valence-electron chi connectivity index (χ2n) is 5.83. The zero-order valence-electron chi connectivity index (χ0n) is 14.0. The van der Waals surface area contributed by atoms with E-state index in [1.807, 2.05) is 42.7 Å². The van der Waals surface area contributed by atoms with Gasteiger partial charge < -0.3 is 10.7 Å². The molecule has 0 aliphatic carbocycles. The van der Waals surface area contributed by atoms with Gasteiger partial charge in [-0.1, -0.05) is 12.1 Å². The zero-order chi connectivity index (χ0) is 18.1. The lowest BCUT2D eigenvalue weighted by Crippen LogP contribution is -2.04. The Balaban J connectivity index is 1.93. The number of nitriles is 1. The molecular formula is C19H15N7. The normalized spacial score (nSPS) is 11.6. The van der Waals surface area contributed by atoms with Crippen molar-refractivity contribution in [3.63, 3.8) is 0 Å². The highest BCUT2D eigenvalue weighted by atomic mass is 15.3. The summed E-state index contributed by atoms with van der Waals surface area (Å²) in [5, 5.41) is 14.7. The SMILES string of the molecule is CC(N)=Nc1nn(-c2ccnc3[nH]ccc23)cc1-c1cccc(C#N)c1. The molecule has 4 aromatic rings. The van der Waals surface area contributed by atoms with Crippen LogP contribution in [-0.2, 0) is 0 Å². The molecule has 0 saturated heterocycles. The molecule has 7 heteroatoms. The Morgan fingerprint density at radius 2 is 2.19 bits per heavy atom. The van der Waals surface area contributed by atoms with Crippen molar-refractivity contribution in [2.24, 2.45) is 10.7 Å². The van der Waals surface area contributed by atoms with Crippen LogP contribution in [0.5, 0.6) is 0 Å². The van der Waals surface area contributed by atoms with Crippen molar-refractivity contribution in [1.82, 2.24) is 19.7 Å². The predicted octanol–water partition coefficient (Wildman–Crippen LogP) is 3.30. The van der Waals surface area contributed by atoms with Crippen LogP contribution in [0.15, 0.2) is 60.0 Å². The molecule has 0 aliphatic rings. The van der Waals surface area contributed by atoms with Crippen LogP contribution in [0.1, 0.15) is 12.5 Å². The highest BCUT2D eigenvalue weighted by molar-refractivity contribution is 5.87. The van der Waals surface area contributed by atoms with Crippen molar-refractivity contribution in [2.75, 3.05) is 0 Å². The quantitative estimate of drug-likeness (QED) is 0.440. The van der Waals surface area contributed by atoms with Gasteiger partial charge in [0, 0.05) is 29.5 Å². The van der Waals surface area contributed by atoms with Crippen LogP contribution in [0.3, 0.4) is 0 Å². The van der Waals surface area contributed by atoms with Crippen LogP contribution in [0.25, 0.3) is 27.8 Å². The molecule has 4 rings (SSSR count). The van der Waals surface area contributed by atoms with Gasteiger partial charge in [-0.3, -0.25) is 0 Å². The fourth-order valence-electron chi connectivity index (χ4n) is 2.84. The summed E-state index contributed by atoms with van der Waals surface area (Å²) in [5.41, 5.74) is 9.68. The molecule has 1 aromatic carbocycles. The fourth-order valence-corrected chi connectivity index (χ4v) is 2.84. The average molecular weight is 341 g/mol. The summed E-state index contributed by atoms with van der Waals surface area (Å²) in [6.45, 7) is 1.71. The van der Waals surface area contributed by atoms with Gasteiger partial charge in [0.1, 0.15) is 5.65 Å². The summed E-state index contributed by atoms with van der Waals surface area (Å²) in [6.07, 6.45) is 5.45. The van der Waals surface area contributed by atoms with Crippen molar-refractivity contribution in [2.45, 2.75) is 6.92 Å². The number of aliphatic imine (C=N–C) groups is 1. The van der Waals surface area contributed by atoms with Crippen LogP contribution in [0.4, 0.5) is 5.82 Å². The fraction of sp³-hybridized carbons (Fsp3) is 0.0526. The molecule has 0 spiro atoms. The number of aromatic amines is 1. The molecule has 3 aromatic heterocycles. The Morgan fingerprint density at radius 3 is 3.00 bits per heavy atom. The van der Waals surface area contributed by atoms with Gasteiger partial charge in [-0.2, -0.15) is 5.26 Å². The summed E-state index contributed by atoms with van der Waals surface area (Å²) in [5.74, 6) is 0.912. The van der Waals surface area contributed by atoms with Crippen LogP contribution in [-0.4, -0.2) is 25.6 Å². The maximum Gasteiger partial charge on any atom is 0.183 e. The Hall–Kier alpha value is -3.92. The van der Waals surface area contributed by atoms with E-state index in [9.17, 15) is 5.26 Å². The van der Waals surface area contributed by atoms with E-state index in [-0.39, 0.29) is 0 Å². The summed E-state index contributed by atoms with van der Waals surface area (Å²) >= 11 is 0. The van der Waals surface area contributed by atoms with Gasteiger partial charge in [-0.15, -0.1) is 5.10 Å². The minimum Gasteiger partial charge on any atom is -0.387 e. The number of aromatic nitrogens is 4. The number of H-pyrrole nitrogens is 1. The molecule has 126 valence electrons. The van der Waals surface area contributed by atoms with Gasteiger partial charge >= 0.3 is 0 Å². The van der Waals surface area contributed by atoms with Crippen molar-refractivity contribution in [3.05, 3.63) is 60.6 Å². The number of pyridine rings is 1. The van der Waals surface area contributed by atoms with Crippen molar-refractivity contribution in [1.29, 1.82) is 5.26 Å². The van der Waals surface area contributed by atoms with Gasteiger partial charge in [0.15, 0.2) is 5.82 Å². The van der Waals surface area contributed by atoms with Crippen molar-refractivity contribution in [3.8, 4) is 22.9 Å². The highest BCUT2D eigenvalue weighted by Crippen LogP contribution is 2.32. The molecule has 0 fully saturated rings. The zero-order valence-corrected chi connectivity index (χ0v) is 14.0.